The molecule has 1 saturated heterocycles. The average molecular weight is 223 g/mol. The molecule has 0 bridgehead atoms. The highest BCUT2D eigenvalue weighted by molar-refractivity contribution is 5.05. The Morgan fingerprint density at radius 2 is 2.31 bits per heavy atom. The Morgan fingerprint density at radius 1 is 1.56 bits per heavy atom. The highest BCUT2D eigenvalue weighted by Gasteiger charge is 2.08. The van der Waals surface area contributed by atoms with Crippen LogP contribution in [0.15, 0.2) is 36.6 Å². The second-order valence-electron chi connectivity index (χ2n) is 3.76. The zero-order valence-corrected chi connectivity index (χ0v) is 10.8. The smallest absolute Gasteiger partial charge is 0.111 e. The van der Waals surface area contributed by atoms with Gasteiger partial charge in [-0.1, -0.05) is 31.7 Å². The first-order valence-corrected chi connectivity index (χ1v) is 5.97. The molecular formula is C14H25NO. The molecule has 1 aliphatic heterocycles. The van der Waals surface area contributed by atoms with E-state index in [-0.39, 0.29) is 0 Å². The normalized spacial score (nSPS) is 19.8. The van der Waals surface area contributed by atoms with Crippen molar-refractivity contribution in [3.8, 4) is 0 Å². The molecular weight excluding hydrogens is 198 g/mol. The fourth-order valence-electron chi connectivity index (χ4n) is 1.43. The first-order valence-electron chi connectivity index (χ1n) is 5.97. The van der Waals surface area contributed by atoms with Gasteiger partial charge in [0.2, 0.25) is 0 Å². The Labute approximate surface area is 100 Å². The molecule has 1 heterocycles. The van der Waals surface area contributed by atoms with Gasteiger partial charge in [0.25, 0.3) is 0 Å². The Balaban J connectivity index is 0.000000281. The van der Waals surface area contributed by atoms with Gasteiger partial charge >= 0.3 is 0 Å². The Bertz CT molecular complexity index is 225. The predicted octanol–water partition coefficient (Wildman–Crippen LogP) is 3.28. The van der Waals surface area contributed by atoms with Crippen LogP contribution in [-0.2, 0) is 4.74 Å². The molecule has 2 nitrogen and oxygen atoms in total. The summed E-state index contributed by atoms with van der Waals surface area (Å²) >= 11 is 0. The standard InChI is InChI=1S/C7H13N.C7H12O/c1-2-3-7-4-5-8-6-7;1-4-5-6-7(2)8-3/h2-3,7-8H,4-6H2,1H3;5-6H,2,4H2,1,3H3/b3-2+;6-5-. The molecule has 16 heavy (non-hydrogen) atoms. The van der Waals surface area contributed by atoms with Crippen LogP contribution >= 0.6 is 0 Å². The van der Waals surface area contributed by atoms with Gasteiger partial charge in [0.15, 0.2) is 0 Å². The van der Waals surface area contributed by atoms with Crippen molar-refractivity contribution in [2.75, 3.05) is 20.2 Å². The molecule has 1 fully saturated rings. The van der Waals surface area contributed by atoms with E-state index >= 15 is 0 Å². The quantitative estimate of drug-likeness (QED) is 0.448. The summed E-state index contributed by atoms with van der Waals surface area (Å²) in [6, 6.07) is 0. The van der Waals surface area contributed by atoms with Gasteiger partial charge in [-0.3, -0.25) is 0 Å². The van der Waals surface area contributed by atoms with Gasteiger partial charge in [-0.25, -0.2) is 0 Å². The van der Waals surface area contributed by atoms with E-state index in [2.05, 4.69) is 37.9 Å². The molecule has 1 aliphatic rings. The van der Waals surface area contributed by atoms with Gasteiger partial charge in [-0.05, 0) is 38.3 Å². The van der Waals surface area contributed by atoms with E-state index in [1.165, 1.54) is 19.5 Å². The van der Waals surface area contributed by atoms with Gasteiger partial charge in [0.1, 0.15) is 5.76 Å². The fourth-order valence-corrected chi connectivity index (χ4v) is 1.43. The van der Waals surface area contributed by atoms with E-state index in [9.17, 15) is 0 Å². The molecule has 0 aromatic carbocycles. The van der Waals surface area contributed by atoms with Crippen LogP contribution in [0.2, 0.25) is 0 Å². The van der Waals surface area contributed by atoms with E-state index in [1.807, 2.05) is 12.2 Å². The summed E-state index contributed by atoms with van der Waals surface area (Å²) in [5.74, 6) is 1.53. The second kappa shape index (κ2) is 10.5. The van der Waals surface area contributed by atoms with Crippen LogP contribution in [0.1, 0.15) is 26.7 Å². The molecule has 0 amide bonds. The third-order valence-electron chi connectivity index (χ3n) is 2.36. The van der Waals surface area contributed by atoms with Crippen LogP contribution in [0, 0.1) is 5.92 Å². The largest absolute Gasteiger partial charge is 0.497 e. The number of nitrogens with one attached hydrogen (secondary N) is 1. The summed E-state index contributed by atoms with van der Waals surface area (Å²) in [6.45, 7) is 10.1. The number of hydrogen-bond donors (Lipinski definition) is 1. The lowest BCUT2D eigenvalue weighted by molar-refractivity contribution is 0.308. The van der Waals surface area contributed by atoms with Gasteiger partial charge < -0.3 is 10.1 Å². The van der Waals surface area contributed by atoms with Crippen molar-refractivity contribution < 1.29 is 4.74 Å². The summed E-state index contributed by atoms with van der Waals surface area (Å²) in [5.41, 5.74) is 0. The number of allylic oxidation sites excluding steroid dienone is 3. The van der Waals surface area contributed by atoms with Crippen molar-refractivity contribution in [3.05, 3.63) is 36.6 Å². The Kier molecular flexibility index (Phi) is 9.83. The SMILES string of the molecule is C/C=C/C1CCNC1.C=C(/C=C\CC)OC. The zero-order valence-electron chi connectivity index (χ0n) is 10.8. The minimum Gasteiger partial charge on any atom is -0.497 e. The molecule has 0 spiro atoms. The van der Waals surface area contributed by atoms with Crippen molar-refractivity contribution in [1.29, 1.82) is 0 Å². The van der Waals surface area contributed by atoms with E-state index in [1.54, 1.807) is 7.11 Å². The monoisotopic (exact) mass is 223 g/mol. The molecule has 1 N–H and O–H groups in total. The number of rotatable bonds is 4. The zero-order chi connectivity index (χ0) is 12.2. The van der Waals surface area contributed by atoms with Crippen LogP contribution in [0.3, 0.4) is 0 Å². The summed E-state index contributed by atoms with van der Waals surface area (Å²) in [4.78, 5) is 0. The minimum atomic E-state index is 0.715. The number of methoxy groups -OCH3 is 1. The van der Waals surface area contributed by atoms with Crippen molar-refractivity contribution in [1.82, 2.24) is 5.32 Å². The van der Waals surface area contributed by atoms with Gasteiger partial charge in [0.05, 0.1) is 7.11 Å². The summed E-state index contributed by atoms with van der Waals surface area (Å²) in [6.07, 6.45) is 10.6. The van der Waals surface area contributed by atoms with E-state index in [4.69, 9.17) is 4.74 Å². The van der Waals surface area contributed by atoms with Crippen molar-refractivity contribution in [3.63, 3.8) is 0 Å². The van der Waals surface area contributed by atoms with Crippen LogP contribution in [0.5, 0.6) is 0 Å². The maximum atomic E-state index is 4.77. The summed E-state index contributed by atoms with van der Waals surface area (Å²) < 4.78 is 4.77. The van der Waals surface area contributed by atoms with Gasteiger partial charge in [0, 0.05) is 6.54 Å². The third-order valence-corrected chi connectivity index (χ3v) is 2.36. The maximum absolute atomic E-state index is 4.77. The van der Waals surface area contributed by atoms with E-state index in [0.717, 1.165) is 12.3 Å². The van der Waals surface area contributed by atoms with Crippen molar-refractivity contribution >= 4 is 0 Å². The molecule has 0 aromatic heterocycles. The Morgan fingerprint density at radius 3 is 2.75 bits per heavy atom. The molecule has 0 radical (unpaired) electrons. The molecule has 1 unspecified atom stereocenters. The Hall–Kier alpha value is -1.02. The molecule has 0 aliphatic carbocycles. The molecule has 0 saturated carbocycles. The average Bonchev–Trinajstić information content (AvgIpc) is 2.80. The lowest BCUT2D eigenvalue weighted by Gasteiger charge is -1.95. The number of hydrogen-bond acceptors (Lipinski definition) is 2. The third kappa shape index (κ3) is 8.30. The van der Waals surface area contributed by atoms with Crippen LogP contribution in [-0.4, -0.2) is 20.2 Å². The van der Waals surface area contributed by atoms with Gasteiger partial charge in [-0.15, -0.1) is 0 Å². The van der Waals surface area contributed by atoms with E-state index in [0.29, 0.717) is 5.76 Å². The lowest BCUT2D eigenvalue weighted by atomic mass is 10.1. The molecule has 1 atom stereocenters. The minimum absolute atomic E-state index is 0.715. The lowest BCUT2D eigenvalue weighted by Crippen LogP contribution is -2.07. The predicted molar refractivity (Wildman–Crippen MR) is 71.4 cm³/mol. The van der Waals surface area contributed by atoms with Crippen LogP contribution in [0.4, 0.5) is 0 Å². The second-order valence-corrected chi connectivity index (χ2v) is 3.76. The van der Waals surface area contributed by atoms with Crippen molar-refractivity contribution in [2.45, 2.75) is 26.7 Å². The molecule has 0 aromatic rings. The first kappa shape index (κ1) is 15.0. The summed E-state index contributed by atoms with van der Waals surface area (Å²) in [5, 5.41) is 3.31. The van der Waals surface area contributed by atoms with E-state index < -0.39 is 0 Å². The fraction of sp³-hybridized carbons (Fsp3) is 0.571. The highest BCUT2D eigenvalue weighted by Crippen LogP contribution is 2.07. The van der Waals surface area contributed by atoms with Gasteiger partial charge in [-0.2, -0.15) is 0 Å². The first-order chi connectivity index (χ1) is 7.74. The maximum Gasteiger partial charge on any atom is 0.111 e. The van der Waals surface area contributed by atoms with Crippen LogP contribution < -0.4 is 5.32 Å². The topological polar surface area (TPSA) is 21.3 Å². The van der Waals surface area contributed by atoms with Crippen LogP contribution in [0.25, 0.3) is 0 Å². The number of ether oxygens (including phenoxy) is 1. The van der Waals surface area contributed by atoms with Crippen molar-refractivity contribution in [2.24, 2.45) is 5.92 Å². The highest BCUT2D eigenvalue weighted by atomic mass is 16.5. The molecule has 92 valence electrons. The molecule has 1 rings (SSSR count). The summed E-state index contributed by atoms with van der Waals surface area (Å²) in [7, 11) is 1.61. The molecule has 2 heteroatoms.